The maximum absolute atomic E-state index is 10.2. The van der Waals surface area contributed by atoms with Crippen molar-refractivity contribution in [3.8, 4) is 0 Å². The molecule has 2 heteroatoms. The van der Waals surface area contributed by atoms with Gasteiger partial charge in [-0.1, -0.05) is 19.3 Å². The van der Waals surface area contributed by atoms with Crippen LogP contribution in [0.4, 0.5) is 0 Å². The van der Waals surface area contributed by atoms with Crippen molar-refractivity contribution in [1.29, 1.82) is 0 Å². The minimum atomic E-state index is 0. The molecule has 0 aliphatic heterocycles. The average molecular weight is 138 g/mol. The van der Waals surface area contributed by atoms with Gasteiger partial charge in [-0.05, 0) is 12.8 Å². The third kappa shape index (κ3) is 3.21. The molecule has 1 nitrogen and oxygen atoms in total. The van der Waals surface area contributed by atoms with Gasteiger partial charge in [0.05, 0.1) is 0 Å². The predicted octanol–water partition coefficient (Wildman–Crippen LogP) is 0.849. The van der Waals surface area contributed by atoms with Gasteiger partial charge in [-0.25, -0.2) is 0 Å². The average Bonchev–Trinajstić information content (AvgIpc) is 1.90. The second-order valence-electron chi connectivity index (χ2n) is 2.53. The highest BCUT2D eigenvalue weighted by Crippen LogP contribution is 2.21. The van der Waals surface area contributed by atoms with Crippen molar-refractivity contribution >= 4 is 29.3 Å². The number of hydrogen-bond acceptors (Lipinski definition) is 1. The third-order valence-corrected chi connectivity index (χ3v) is 1.84. The van der Waals surface area contributed by atoms with E-state index in [0.29, 0.717) is 5.92 Å². The van der Waals surface area contributed by atoms with Crippen LogP contribution >= 0.6 is 0 Å². The van der Waals surface area contributed by atoms with Gasteiger partial charge < -0.3 is 4.79 Å². The van der Waals surface area contributed by atoms with Crippen LogP contribution in [0.15, 0.2) is 0 Å². The molecule has 1 saturated carbocycles. The predicted molar refractivity (Wildman–Crippen MR) is 41.2 cm³/mol. The van der Waals surface area contributed by atoms with Crippen LogP contribution in [-0.4, -0.2) is 29.3 Å². The van der Waals surface area contributed by atoms with Crippen LogP contribution in [0.5, 0.6) is 0 Å². The van der Waals surface area contributed by atoms with E-state index >= 15 is 0 Å². The summed E-state index contributed by atoms with van der Waals surface area (Å²) in [7, 11) is 0. The van der Waals surface area contributed by atoms with E-state index in [4.69, 9.17) is 0 Å². The zero-order valence-electron chi connectivity index (χ0n) is 5.10. The van der Waals surface area contributed by atoms with Crippen LogP contribution in [0.25, 0.3) is 0 Å². The van der Waals surface area contributed by atoms with Crippen LogP contribution in [0.3, 0.4) is 0 Å². The van der Waals surface area contributed by atoms with E-state index in [9.17, 15) is 4.79 Å². The largest absolute Gasteiger partial charge is 0.316 e. The van der Waals surface area contributed by atoms with E-state index < -0.39 is 0 Å². The lowest BCUT2D eigenvalue weighted by atomic mass is 9.91. The Labute approximate surface area is 72.4 Å². The van der Waals surface area contributed by atoms with Gasteiger partial charge >= 0.3 is 23.1 Å². The fourth-order valence-corrected chi connectivity index (χ4v) is 1.27. The first-order chi connectivity index (χ1) is 3.93. The molecule has 0 atom stereocenters. The van der Waals surface area contributed by atoms with Gasteiger partial charge in [0.2, 0.25) is 0 Å². The van der Waals surface area contributed by atoms with Gasteiger partial charge in [-0.3, -0.25) is 0 Å². The molecule has 1 rings (SSSR count). The number of carbonyl (C=O) groups is 1. The summed E-state index contributed by atoms with van der Waals surface area (Å²) in [5, 5.41) is 0. The molecule has 0 N–H and O–H groups in total. The quantitative estimate of drug-likeness (QED) is 0.388. The van der Waals surface area contributed by atoms with Crippen molar-refractivity contribution < 1.29 is 4.79 Å². The van der Waals surface area contributed by atoms with Gasteiger partial charge in [-0.2, -0.15) is 0 Å². The molecule has 0 spiro atoms. The maximum Gasteiger partial charge on any atom is 0.316 e. The molecular formula is C7H14MgO. The van der Waals surface area contributed by atoms with Crippen molar-refractivity contribution in [2.45, 2.75) is 32.1 Å². The molecule has 0 aromatic carbocycles. The Morgan fingerprint density at radius 2 is 1.67 bits per heavy atom. The SMILES string of the molecule is O=CC1CCCCC1.[MgH2]. The molecule has 0 aromatic rings. The summed E-state index contributed by atoms with van der Waals surface area (Å²) in [6.07, 6.45) is 7.27. The zero-order chi connectivity index (χ0) is 5.82. The summed E-state index contributed by atoms with van der Waals surface area (Å²) < 4.78 is 0. The van der Waals surface area contributed by atoms with E-state index in [1.807, 2.05) is 0 Å². The van der Waals surface area contributed by atoms with Gasteiger partial charge in [0, 0.05) is 5.92 Å². The van der Waals surface area contributed by atoms with Gasteiger partial charge in [0.15, 0.2) is 0 Å². The molecule has 1 aliphatic carbocycles. The molecule has 9 heavy (non-hydrogen) atoms. The maximum atomic E-state index is 10.2. The minimum absolute atomic E-state index is 0. The second-order valence-corrected chi connectivity index (χ2v) is 2.53. The molecule has 0 unspecified atom stereocenters. The topological polar surface area (TPSA) is 17.1 Å². The summed E-state index contributed by atoms with van der Waals surface area (Å²) in [5.74, 6) is 0.406. The van der Waals surface area contributed by atoms with Crippen molar-refractivity contribution in [1.82, 2.24) is 0 Å². The van der Waals surface area contributed by atoms with Crippen molar-refractivity contribution in [2.24, 2.45) is 5.92 Å². The van der Waals surface area contributed by atoms with Crippen LogP contribution in [0.1, 0.15) is 32.1 Å². The fraction of sp³-hybridized carbons (Fsp3) is 0.857. The number of aldehydes is 1. The molecule has 1 fully saturated rings. The van der Waals surface area contributed by atoms with E-state index in [1.54, 1.807) is 0 Å². The van der Waals surface area contributed by atoms with Crippen molar-refractivity contribution in [2.75, 3.05) is 0 Å². The van der Waals surface area contributed by atoms with E-state index in [-0.39, 0.29) is 23.1 Å². The molecule has 0 amide bonds. The Hall–Kier alpha value is 0.436. The van der Waals surface area contributed by atoms with Crippen molar-refractivity contribution in [3.05, 3.63) is 0 Å². The Kier molecular flexibility index (Phi) is 5.49. The van der Waals surface area contributed by atoms with Crippen LogP contribution < -0.4 is 0 Å². The smallest absolute Gasteiger partial charge is 0.303 e. The molecule has 0 saturated heterocycles. The molecule has 0 radical (unpaired) electrons. The molecule has 50 valence electrons. The summed E-state index contributed by atoms with van der Waals surface area (Å²) in [6.45, 7) is 0. The summed E-state index contributed by atoms with van der Waals surface area (Å²) in [6, 6.07) is 0. The normalized spacial score (nSPS) is 20.4. The number of rotatable bonds is 1. The molecule has 1 aliphatic rings. The standard InChI is InChI=1S/C7H12O.Mg.2H/c8-6-7-4-2-1-3-5-7;;;/h6-7H,1-5H2;;;. The lowest BCUT2D eigenvalue weighted by Gasteiger charge is -2.14. The molecule has 0 heterocycles. The number of hydrogen-bond donors (Lipinski definition) is 0. The van der Waals surface area contributed by atoms with Crippen molar-refractivity contribution in [3.63, 3.8) is 0 Å². The first kappa shape index (κ1) is 9.44. The Balaban J connectivity index is 0.000000640. The van der Waals surface area contributed by atoms with Crippen LogP contribution in [0.2, 0.25) is 0 Å². The Morgan fingerprint density at radius 1 is 1.11 bits per heavy atom. The zero-order valence-corrected chi connectivity index (χ0v) is 5.10. The molecule has 0 aromatic heterocycles. The van der Waals surface area contributed by atoms with E-state index in [1.165, 1.54) is 19.3 Å². The highest BCUT2D eigenvalue weighted by molar-refractivity contribution is 5.75. The molecule has 0 bridgehead atoms. The lowest BCUT2D eigenvalue weighted by Crippen LogP contribution is -2.06. The summed E-state index contributed by atoms with van der Waals surface area (Å²) in [5.41, 5.74) is 0. The second kappa shape index (κ2) is 5.24. The van der Waals surface area contributed by atoms with Gasteiger partial charge in [0.25, 0.3) is 0 Å². The molecular weight excluding hydrogens is 124 g/mol. The lowest BCUT2D eigenvalue weighted by molar-refractivity contribution is -0.111. The Morgan fingerprint density at radius 3 is 2.00 bits per heavy atom. The van der Waals surface area contributed by atoms with E-state index in [0.717, 1.165) is 19.1 Å². The number of carbonyl (C=O) groups excluding carboxylic acids is 1. The minimum Gasteiger partial charge on any atom is -0.303 e. The highest BCUT2D eigenvalue weighted by atomic mass is 24.3. The highest BCUT2D eigenvalue weighted by Gasteiger charge is 2.10. The van der Waals surface area contributed by atoms with Gasteiger partial charge in [0.1, 0.15) is 6.29 Å². The van der Waals surface area contributed by atoms with Crippen LogP contribution in [0, 0.1) is 5.92 Å². The first-order valence-corrected chi connectivity index (χ1v) is 3.39. The van der Waals surface area contributed by atoms with Gasteiger partial charge in [-0.15, -0.1) is 0 Å². The monoisotopic (exact) mass is 138 g/mol. The first-order valence-electron chi connectivity index (χ1n) is 3.39. The summed E-state index contributed by atoms with van der Waals surface area (Å²) >= 11 is 0. The van der Waals surface area contributed by atoms with E-state index in [2.05, 4.69) is 0 Å². The summed E-state index contributed by atoms with van der Waals surface area (Å²) in [4.78, 5) is 10.2. The third-order valence-electron chi connectivity index (χ3n) is 1.84. The Bertz CT molecular complexity index is 77.0. The van der Waals surface area contributed by atoms with Crippen LogP contribution in [-0.2, 0) is 4.79 Å². The fourth-order valence-electron chi connectivity index (χ4n) is 1.27.